The first kappa shape index (κ1) is 17.9. The molecule has 0 spiro atoms. The smallest absolute Gasteiger partial charge is 0.157 e. The van der Waals surface area contributed by atoms with Crippen LogP contribution in [0.5, 0.6) is 0 Å². The highest BCUT2D eigenvalue weighted by atomic mass is 16.5. The molecule has 142 valence electrons. The summed E-state index contributed by atoms with van der Waals surface area (Å²) < 4.78 is 7.41. The largest absolute Gasteiger partial charge is 0.379 e. The molecule has 1 saturated heterocycles. The van der Waals surface area contributed by atoms with Gasteiger partial charge in [0.05, 0.1) is 25.5 Å². The first-order chi connectivity index (χ1) is 13.2. The summed E-state index contributed by atoms with van der Waals surface area (Å²) >= 11 is 0. The lowest BCUT2D eigenvalue weighted by molar-refractivity contribution is 0.0187. The zero-order valence-electron chi connectivity index (χ0n) is 15.9. The van der Waals surface area contributed by atoms with Crippen LogP contribution in [0.25, 0.3) is 5.65 Å². The molecule has 1 aliphatic heterocycles. The molecular formula is C20H26N6O. The third-order valence-electron chi connectivity index (χ3n) is 5.02. The average molecular weight is 366 g/mol. The molecule has 1 atom stereocenters. The van der Waals surface area contributed by atoms with Gasteiger partial charge in [0.2, 0.25) is 0 Å². The number of nitrogens with zero attached hydrogens (tertiary/aromatic N) is 5. The second kappa shape index (κ2) is 8.02. The van der Waals surface area contributed by atoms with Gasteiger partial charge in [-0.05, 0) is 23.6 Å². The van der Waals surface area contributed by atoms with Crippen molar-refractivity contribution in [3.05, 3.63) is 54.1 Å². The molecule has 4 heterocycles. The van der Waals surface area contributed by atoms with Gasteiger partial charge in [0.25, 0.3) is 0 Å². The SMILES string of the molecule is CC(C)c1cc(NC[C@H](c2ccncc2)N2CCOCC2)n2nccc2n1. The molecular weight excluding hydrogens is 340 g/mol. The maximum Gasteiger partial charge on any atom is 0.157 e. The highest BCUT2D eigenvalue weighted by Gasteiger charge is 2.23. The molecule has 0 unspecified atom stereocenters. The predicted octanol–water partition coefficient (Wildman–Crippen LogP) is 2.73. The summed E-state index contributed by atoms with van der Waals surface area (Å²) in [6.07, 6.45) is 5.51. The van der Waals surface area contributed by atoms with Crippen LogP contribution in [0.1, 0.15) is 37.1 Å². The van der Waals surface area contributed by atoms with Crippen LogP contribution in [-0.4, -0.2) is 57.3 Å². The number of ether oxygens (including phenoxy) is 1. The topological polar surface area (TPSA) is 67.6 Å². The van der Waals surface area contributed by atoms with Gasteiger partial charge in [-0.25, -0.2) is 4.98 Å². The number of rotatable bonds is 6. The molecule has 27 heavy (non-hydrogen) atoms. The first-order valence-electron chi connectivity index (χ1n) is 9.52. The Morgan fingerprint density at radius 3 is 2.63 bits per heavy atom. The van der Waals surface area contributed by atoms with Crippen LogP contribution in [0.3, 0.4) is 0 Å². The van der Waals surface area contributed by atoms with Crippen molar-refractivity contribution in [2.45, 2.75) is 25.8 Å². The van der Waals surface area contributed by atoms with Crippen molar-refractivity contribution >= 4 is 11.5 Å². The van der Waals surface area contributed by atoms with Gasteiger partial charge in [0.1, 0.15) is 5.82 Å². The molecule has 1 N–H and O–H groups in total. The van der Waals surface area contributed by atoms with E-state index in [9.17, 15) is 0 Å². The number of nitrogens with one attached hydrogen (secondary N) is 1. The molecule has 3 aromatic heterocycles. The van der Waals surface area contributed by atoms with Crippen LogP contribution in [0.2, 0.25) is 0 Å². The third-order valence-corrected chi connectivity index (χ3v) is 5.02. The number of anilines is 1. The number of fused-ring (bicyclic) bond motifs is 1. The van der Waals surface area contributed by atoms with Gasteiger partial charge in [-0.3, -0.25) is 9.88 Å². The molecule has 1 aliphatic rings. The Balaban J connectivity index is 1.61. The molecule has 7 heteroatoms. The van der Waals surface area contributed by atoms with E-state index >= 15 is 0 Å². The summed E-state index contributed by atoms with van der Waals surface area (Å²) in [7, 11) is 0. The standard InChI is InChI=1S/C20H26N6O/c1-15(2)17-13-20(26-19(24-17)5-8-23-26)22-14-18(16-3-6-21-7-4-16)25-9-11-27-12-10-25/h3-8,13,15,18,22H,9-12,14H2,1-2H3/t18-/m1/s1. The van der Waals surface area contributed by atoms with Crippen molar-refractivity contribution in [2.75, 3.05) is 38.2 Å². The van der Waals surface area contributed by atoms with Gasteiger partial charge >= 0.3 is 0 Å². The summed E-state index contributed by atoms with van der Waals surface area (Å²) in [6, 6.07) is 8.49. The molecule has 7 nitrogen and oxygen atoms in total. The molecule has 3 aromatic rings. The van der Waals surface area contributed by atoms with Crippen molar-refractivity contribution < 1.29 is 4.74 Å². The van der Waals surface area contributed by atoms with Crippen molar-refractivity contribution in [2.24, 2.45) is 0 Å². The Labute approximate surface area is 159 Å². The van der Waals surface area contributed by atoms with Crippen LogP contribution in [0, 0.1) is 0 Å². The molecule has 0 radical (unpaired) electrons. The van der Waals surface area contributed by atoms with E-state index in [1.165, 1.54) is 5.56 Å². The number of hydrogen-bond acceptors (Lipinski definition) is 6. The van der Waals surface area contributed by atoms with Crippen molar-refractivity contribution in [1.82, 2.24) is 24.5 Å². The van der Waals surface area contributed by atoms with Crippen LogP contribution in [-0.2, 0) is 4.74 Å². The summed E-state index contributed by atoms with van der Waals surface area (Å²) in [4.78, 5) is 11.3. The summed E-state index contributed by atoms with van der Waals surface area (Å²) in [5, 5.41) is 8.05. The van der Waals surface area contributed by atoms with Gasteiger partial charge < -0.3 is 10.1 Å². The van der Waals surface area contributed by atoms with Crippen LogP contribution < -0.4 is 5.32 Å². The lowest BCUT2D eigenvalue weighted by Gasteiger charge is -2.35. The highest BCUT2D eigenvalue weighted by molar-refractivity contribution is 5.49. The second-order valence-electron chi connectivity index (χ2n) is 7.15. The molecule has 0 aliphatic carbocycles. The van der Waals surface area contributed by atoms with Crippen LogP contribution in [0.4, 0.5) is 5.82 Å². The normalized spacial score (nSPS) is 16.7. The number of aromatic nitrogens is 4. The Bertz CT molecular complexity index is 873. The predicted molar refractivity (Wildman–Crippen MR) is 105 cm³/mol. The van der Waals surface area contributed by atoms with E-state index in [0.717, 1.165) is 50.0 Å². The van der Waals surface area contributed by atoms with Crippen molar-refractivity contribution in [1.29, 1.82) is 0 Å². The van der Waals surface area contributed by atoms with Gasteiger partial charge in [0.15, 0.2) is 5.65 Å². The van der Waals surface area contributed by atoms with E-state index in [1.807, 2.05) is 23.0 Å². The van der Waals surface area contributed by atoms with E-state index in [0.29, 0.717) is 5.92 Å². The van der Waals surface area contributed by atoms with Crippen molar-refractivity contribution in [3.63, 3.8) is 0 Å². The summed E-state index contributed by atoms with van der Waals surface area (Å²) in [5.74, 6) is 1.33. The monoisotopic (exact) mass is 366 g/mol. The lowest BCUT2D eigenvalue weighted by Crippen LogP contribution is -2.41. The molecule has 0 aromatic carbocycles. The molecule has 0 amide bonds. The second-order valence-corrected chi connectivity index (χ2v) is 7.15. The lowest BCUT2D eigenvalue weighted by atomic mass is 10.1. The number of morpholine rings is 1. The fourth-order valence-electron chi connectivity index (χ4n) is 3.49. The average Bonchev–Trinajstić information content (AvgIpc) is 3.18. The summed E-state index contributed by atoms with van der Waals surface area (Å²) in [6.45, 7) is 8.51. The van der Waals surface area contributed by atoms with Gasteiger partial charge in [-0.1, -0.05) is 13.8 Å². The maximum absolute atomic E-state index is 5.54. The minimum Gasteiger partial charge on any atom is -0.379 e. The Kier molecular flexibility index (Phi) is 5.31. The summed E-state index contributed by atoms with van der Waals surface area (Å²) in [5.41, 5.74) is 3.20. The maximum atomic E-state index is 5.54. The minimum absolute atomic E-state index is 0.248. The first-order valence-corrected chi connectivity index (χ1v) is 9.52. The molecule has 4 rings (SSSR count). The van der Waals surface area contributed by atoms with E-state index in [-0.39, 0.29) is 6.04 Å². The Hall–Kier alpha value is -2.51. The van der Waals surface area contributed by atoms with Crippen LogP contribution >= 0.6 is 0 Å². The molecule has 0 bridgehead atoms. The quantitative estimate of drug-likeness (QED) is 0.724. The fraction of sp³-hybridized carbons (Fsp3) is 0.450. The molecule has 1 fully saturated rings. The minimum atomic E-state index is 0.248. The third kappa shape index (κ3) is 3.94. The van der Waals surface area contributed by atoms with Gasteiger partial charge in [0, 0.05) is 49.9 Å². The number of hydrogen-bond donors (Lipinski definition) is 1. The van der Waals surface area contributed by atoms with Crippen LogP contribution in [0.15, 0.2) is 42.9 Å². The Morgan fingerprint density at radius 1 is 1.11 bits per heavy atom. The van der Waals surface area contributed by atoms with Crippen molar-refractivity contribution in [3.8, 4) is 0 Å². The Morgan fingerprint density at radius 2 is 1.89 bits per heavy atom. The fourth-order valence-corrected chi connectivity index (χ4v) is 3.49. The van der Waals surface area contributed by atoms with Gasteiger partial charge in [-0.2, -0.15) is 9.61 Å². The van der Waals surface area contributed by atoms with E-state index in [4.69, 9.17) is 9.72 Å². The number of pyridine rings is 1. The highest BCUT2D eigenvalue weighted by Crippen LogP contribution is 2.24. The van der Waals surface area contributed by atoms with Gasteiger partial charge in [-0.15, -0.1) is 0 Å². The van der Waals surface area contributed by atoms with E-state index in [2.05, 4.69) is 52.3 Å². The zero-order valence-corrected chi connectivity index (χ0v) is 15.9. The van der Waals surface area contributed by atoms with E-state index in [1.54, 1.807) is 6.20 Å². The molecule has 0 saturated carbocycles. The zero-order chi connectivity index (χ0) is 18.6. The van der Waals surface area contributed by atoms with E-state index < -0.39 is 0 Å².